The largest absolute Gasteiger partial charge is 0.477 e. The van der Waals surface area contributed by atoms with Crippen molar-refractivity contribution >= 4 is 29.9 Å². The van der Waals surface area contributed by atoms with Gasteiger partial charge in [0.25, 0.3) is 5.91 Å². The van der Waals surface area contributed by atoms with Crippen molar-refractivity contribution in [3.8, 4) is 11.9 Å². The maximum Gasteiger partial charge on any atom is 0.417 e. The molecule has 2 aliphatic rings. The van der Waals surface area contributed by atoms with Gasteiger partial charge in [0.15, 0.2) is 5.50 Å². The fourth-order valence-electron chi connectivity index (χ4n) is 5.45. The molecule has 0 bridgehead atoms. The summed E-state index contributed by atoms with van der Waals surface area (Å²) >= 11 is 4.67. The van der Waals surface area contributed by atoms with Crippen molar-refractivity contribution in [3.05, 3.63) is 47.2 Å². The zero-order chi connectivity index (χ0) is 28.5. The van der Waals surface area contributed by atoms with Crippen LogP contribution in [0.1, 0.15) is 63.6 Å². The Labute approximate surface area is 232 Å². The van der Waals surface area contributed by atoms with Gasteiger partial charge in [-0.1, -0.05) is 6.92 Å². The van der Waals surface area contributed by atoms with Crippen LogP contribution in [0.5, 0.6) is 5.88 Å². The van der Waals surface area contributed by atoms with Crippen LogP contribution in [0.25, 0.3) is 0 Å². The summed E-state index contributed by atoms with van der Waals surface area (Å²) in [7, 11) is 0. The molecular weight excluding hydrogens is 527 g/mol. The van der Waals surface area contributed by atoms with Gasteiger partial charge in [0.05, 0.1) is 35.7 Å². The van der Waals surface area contributed by atoms with E-state index in [0.717, 1.165) is 43.5 Å². The van der Waals surface area contributed by atoms with Crippen LogP contribution in [0.4, 0.5) is 24.5 Å². The van der Waals surface area contributed by atoms with E-state index in [9.17, 15) is 18.0 Å². The summed E-state index contributed by atoms with van der Waals surface area (Å²) in [6.07, 6.45) is 0.717. The number of rotatable bonds is 7. The quantitative estimate of drug-likeness (QED) is 0.433. The van der Waals surface area contributed by atoms with E-state index < -0.39 is 34.2 Å². The van der Waals surface area contributed by atoms with Gasteiger partial charge in [-0.05, 0) is 83.2 Å². The molecule has 2 fully saturated rings. The summed E-state index contributed by atoms with van der Waals surface area (Å²) in [6, 6.07) is 7.22. The van der Waals surface area contributed by atoms with Gasteiger partial charge in [-0.3, -0.25) is 9.69 Å². The second-order valence-electron chi connectivity index (χ2n) is 10.7. The number of hydrogen-bond acceptors (Lipinski definition) is 7. The zero-order valence-corrected chi connectivity index (χ0v) is 23.4. The van der Waals surface area contributed by atoms with Crippen molar-refractivity contribution in [2.45, 2.75) is 76.6 Å². The van der Waals surface area contributed by atoms with E-state index in [0.29, 0.717) is 36.6 Å². The Morgan fingerprint density at radius 1 is 1.28 bits per heavy atom. The van der Waals surface area contributed by atoms with Crippen molar-refractivity contribution < 1.29 is 22.7 Å². The molecule has 210 valence electrons. The van der Waals surface area contributed by atoms with Crippen LogP contribution >= 0.6 is 12.6 Å². The Morgan fingerprint density at radius 3 is 2.67 bits per heavy atom. The molecule has 3 heterocycles. The highest BCUT2D eigenvalue weighted by Crippen LogP contribution is 2.42. The monoisotopic (exact) mass is 561 g/mol. The Bertz CT molecular complexity index is 1260. The van der Waals surface area contributed by atoms with Gasteiger partial charge in [0.2, 0.25) is 5.88 Å². The molecule has 1 N–H and O–H groups in total. The predicted molar refractivity (Wildman–Crippen MR) is 147 cm³/mol. The lowest BCUT2D eigenvalue weighted by Gasteiger charge is -2.33. The van der Waals surface area contributed by atoms with Gasteiger partial charge in [-0.2, -0.15) is 18.4 Å². The number of benzene rings is 1. The first-order valence-corrected chi connectivity index (χ1v) is 13.7. The van der Waals surface area contributed by atoms with E-state index in [4.69, 9.17) is 10.00 Å². The SMILES string of the molecule is CCc1cc(N2C(S)N(c3ccc(C#N)c(C(F)(F)F)c3)C(=O)C2(C)C)cnc1OCC[C@H]1CCN[C@@H](C)C1. The van der Waals surface area contributed by atoms with E-state index in [1.165, 1.54) is 11.0 Å². The minimum Gasteiger partial charge on any atom is -0.477 e. The van der Waals surface area contributed by atoms with Crippen LogP contribution in [0.3, 0.4) is 0 Å². The van der Waals surface area contributed by atoms with Gasteiger partial charge in [0.1, 0.15) is 5.54 Å². The van der Waals surface area contributed by atoms with Crippen LogP contribution in [0, 0.1) is 17.2 Å². The molecule has 0 spiro atoms. The van der Waals surface area contributed by atoms with Gasteiger partial charge in [-0.25, -0.2) is 4.98 Å². The summed E-state index contributed by atoms with van der Waals surface area (Å²) in [5.41, 5.74) is -2.14. The van der Waals surface area contributed by atoms with Crippen molar-refractivity contribution in [1.82, 2.24) is 10.3 Å². The van der Waals surface area contributed by atoms with Crippen LogP contribution in [0.15, 0.2) is 30.5 Å². The molecule has 3 atom stereocenters. The standard InChI is InChI=1S/C28H34F3N5O2S/c1-5-19-13-22(16-34-24(19)38-11-9-18-8-10-33-17(2)12-18)36-26(39)35(25(37)27(36,3)4)21-7-6-20(15-32)23(14-21)28(29,30)31/h6-7,13-14,16-18,26,33,39H,5,8-12H2,1-4H3/t17-,18+,26?/m0/s1. The fraction of sp³-hybridized carbons (Fsp3) is 0.536. The number of alkyl halides is 3. The van der Waals surface area contributed by atoms with Crippen LogP contribution < -0.4 is 19.9 Å². The maximum absolute atomic E-state index is 13.6. The number of nitriles is 1. The molecule has 39 heavy (non-hydrogen) atoms. The number of ether oxygens (including phenoxy) is 1. The molecule has 1 unspecified atom stereocenters. The Balaban J connectivity index is 1.58. The number of halogens is 3. The number of nitrogens with one attached hydrogen (secondary N) is 1. The van der Waals surface area contributed by atoms with Crippen molar-refractivity contribution in [1.29, 1.82) is 5.26 Å². The number of aryl methyl sites for hydroxylation is 1. The molecule has 1 aromatic heterocycles. The highest BCUT2D eigenvalue weighted by Gasteiger charge is 2.52. The molecule has 4 rings (SSSR count). The van der Waals surface area contributed by atoms with E-state index >= 15 is 0 Å². The number of hydrogen-bond donors (Lipinski definition) is 2. The number of anilines is 2. The second kappa shape index (κ2) is 11.3. The van der Waals surface area contributed by atoms with E-state index in [1.807, 2.05) is 13.0 Å². The molecule has 0 aliphatic carbocycles. The zero-order valence-electron chi connectivity index (χ0n) is 22.5. The maximum atomic E-state index is 13.6. The highest BCUT2D eigenvalue weighted by molar-refractivity contribution is 7.81. The Kier molecular flexibility index (Phi) is 8.38. The first-order valence-electron chi connectivity index (χ1n) is 13.2. The average molecular weight is 562 g/mol. The average Bonchev–Trinajstić information content (AvgIpc) is 3.06. The number of carbonyl (C=O) groups is 1. The third-order valence-corrected chi connectivity index (χ3v) is 8.04. The van der Waals surface area contributed by atoms with Crippen molar-refractivity contribution in [2.24, 2.45) is 5.92 Å². The number of thiol groups is 1. The van der Waals surface area contributed by atoms with Crippen LogP contribution in [-0.2, 0) is 17.4 Å². The first kappa shape index (κ1) is 29.0. The molecule has 2 aromatic rings. The lowest BCUT2D eigenvalue weighted by molar-refractivity contribution is -0.137. The summed E-state index contributed by atoms with van der Waals surface area (Å²) in [6.45, 7) is 9.16. The second-order valence-corrected chi connectivity index (χ2v) is 11.1. The number of aromatic nitrogens is 1. The Morgan fingerprint density at radius 2 is 2.03 bits per heavy atom. The van der Waals surface area contributed by atoms with Gasteiger partial charge < -0.3 is 15.0 Å². The van der Waals surface area contributed by atoms with Crippen molar-refractivity contribution in [2.75, 3.05) is 23.0 Å². The van der Waals surface area contributed by atoms with E-state index in [1.54, 1.807) is 31.0 Å². The predicted octanol–water partition coefficient (Wildman–Crippen LogP) is 5.54. The van der Waals surface area contributed by atoms with E-state index in [2.05, 4.69) is 29.9 Å². The Hall–Kier alpha value is -2.97. The minimum atomic E-state index is -4.74. The topological polar surface area (TPSA) is 81.5 Å². The van der Waals surface area contributed by atoms with Crippen LogP contribution in [-0.4, -0.2) is 41.1 Å². The van der Waals surface area contributed by atoms with Gasteiger partial charge in [0, 0.05) is 17.3 Å². The summed E-state index contributed by atoms with van der Waals surface area (Å²) in [4.78, 5) is 21.0. The third kappa shape index (κ3) is 5.82. The third-order valence-electron chi connectivity index (χ3n) is 7.58. The normalized spacial score (nSPS) is 23.2. The van der Waals surface area contributed by atoms with Crippen molar-refractivity contribution in [3.63, 3.8) is 0 Å². The number of amides is 1. The number of piperidine rings is 1. The van der Waals surface area contributed by atoms with E-state index in [-0.39, 0.29) is 5.69 Å². The minimum absolute atomic E-state index is 0.0118. The summed E-state index contributed by atoms with van der Waals surface area (Å²) in [5, 5.41) is 12.6. The van der Waals surface area contributed by atoms with Gasteiger partial charge in [-0.15, -0.1) is 12.6 Å². The molecule has 1 aromatic carbocycles. The molecule has 2 aliphatic heterocycles. The lowest BCUT2D eigenvalue weighted by atomic mass is 9.91. The molecule has 0 radical (unpaired) electrons. The molecule has 11 heteroatoms. The molecule has 1 amide bonds. The smallest absolute Gasteiger partial charge is 0.417 e. The van der Waals surface area contributed by atoms with Gasteiger partial charge >= 0.3 is 6.18 Å². The molecular formula is C28H34F3N5O2S. The fourth-order valence-corrected chi connectivity index (χ4v) is 6.11. The van der Waals surface area contributed by atoms with Crippen LogP contribution in [0.2, 0.25) is 0 Å². The molecule has 2 saturated heterocycles. The number of pyridine rings is 1. The number of carbonyl (C=O) groups excluding carboxylic acids is 1. The summed E-state index contributed by atoms with van der Waals surface area (Å²) < 4.78 is 46.9. The molecule has 7 nitrogen and oxygen atoms in total. The number of nitrogens with zero attached hydrogens (tertiary/aromatic N) is 4. The molecule has 0 saturated carbocycles. The highest BCUT2D eigenvalue weighted by atomic mass is 32.1. The first-order chi connectivity index (χ1) is 18.4. The summed E-state index contributed by atoms with van der Waals surface area (Å²) in [5.74, 6) is 0.731. The lowest BCUT2D eigenvalue weighted by Crippen LogP contribution is -2.45.